The quantitative estimate of drug-likeness (QED) is 0.547. The lowest BCUT2D eigenvalue weighted by Gasteiger charge is -2.19. The number of carbonyl (C=O) groups excluding carboxylic acids is 1. The third-order valence-corrected chi connectivity index (χ3v) is 4.34. The molecule has 1 aromatic rings. The van der Waals surface area contributed by atoms with Crippen LogP contribution in [0.1, 0.15) is 19.4 Å². The molecule has 5 N–H and O–H groups in total. The van der Waals surface area contributed by atoms with E-state index in [9.17, 15) is 9.90 Å². The fraction of sp³-hybridized carbons (Fsp3) is 0.533. The zero-order valence-electron chi connectivity index (χ0n) is 12.8. The van der Waals surface area contributed by atoms with Crippen molar-refractivity contribution in [2.75, 3.05) is 16.9 Å². The van der Waals surface area contributed by atoms with E-state index in [0.717, 1.165) is 17.0 Å². The first kappa shape index (κ1) is 17.8. The second-order valence-corrected chi connectivity index (χ2v) is 6.60. The maximum absolute atomic E-state index is 11.8. The average molecular weight is 311 g/mol. The third kappa shape index (κ3) is 6.84. The first-order valence-electron chi connectivity index (χ1n) is 7.04. The van der Waals surface area contributed by atoms with E-state index in [-0.39, 0.29) is 0 Å². The molecule has 0 aromatic heterocycles. The Morgan fingerprint density at radius 1 is 1.29 bits per heavy atom. The lowest BCUT2D eigenvalue weighted by molar-refractivity contribution is -0.129. The molecule has 1 rings (SSSR count). The second kappa shape index (κ2) is 8.92. The van der Waals surface area contributed by atoms with E-state index < -0.39 is 18.1 Å². The highest BCUT2D eigenvalue weighted by Gasteiger charge is 2.22. The highest BCUT2D eigenvalue weighted by Crippen LogP contribution is 2.10. The van der Waals surface area contributed by atoms with Crippen molar-refractivity contribution in [3.63, 3.8) is 0 Å². The van der Waals surface area contributed by atoms with Crippen LogP contribution >= 0.6 is 11.8 Å². The van der Waals surface area contributed by atoms with E-state index in [4.69, 9.17) is 5.73 Å². The molecule has 0 fully saturated rings. The van der Waals surface area contributed by atoms with Gasteiger partial charge in [0.2, 0.25) is 0 Å². The fourth-order valence-corrected chi connectivity index (χ4v) is 2.63. The van der Waals surface area contributed by atoms with Gasteiger partial charge in [0.1, 0.15) is 6.10 Å². The van der Waals surface area contributed by atoms with E-state index in [2.05, 4.69) is 24.7 Å². The van der Waals surface area contributed by atoms with Crippen LogP contribution in [0.2, 0.25) is 0 Å². The number of amides is 1. The van der Waals surface area contributed by atoms with Crippen molar-refractivity contribution >= 4 is 23.4 Å². The Morgan fingerprint density at radius 2 is 1.90 bits per heavy atom. The fourth-order valence-electron chi connectivity index (χ4n) is 1.57. The van der Waals surface area contributed by atoms with Crippen molar-refractivity contribution in [2.45, 2.75) is 32.9 Å². The molecule has 21 heavy (non-hydrogen) atoms. The highest BCUT2D eigenvalue weighted by atomic mass is 32.2. The van der Waals surface area contributed by atoms with Crippen LogP contribution < -0.4 is 16.6 Å². The zero-order valence-corrected chi connectivity index (χ0v) is 13.6. The summed E-state index contributed by atoms with van der Waals surface area (Å²) in [6.07, 6.45) is -1.22. The number of aryl methyl sites for hydroxylation is 1. The molecule has 0 saturated carbocycles. The monoisotopic (exact) mass is 311 g/mol. The van der Waals surface area contributed by atoms with Gasteiger partial charge in [0.25, 0.3) is 5.91 Å². The van der Waals surface area contributed by atoms with Gasteiger partial charge < -0.3 is 10.8 Å². The molecule has 2 atom stereocenters. The van der Waals surface area contributed by atoms with Crippen molar-refractivity contribution in [1.82, 2.24) is 5.43 Å². The van der Waals surface area contributed by atoms with Crippen LogP contribution in [0.15, 0.2) is 24.3 Å². The number of aliphatic hydroxyl groups is 1. The van der Waals surface area contributed by atoms with Crippen molar-refractivity contribution < 1.29 is 9.90 Å². The Hall–Kier alpha value is -1.24. The molecule has 0 bridgehead atoms. The lowest BCUT2D eigenvalue weighted by atomic mass is 10.2. The van der Waals surface area contributed by atoms with E-state index >= 15 is 0 Å². The van der Waals surface area contributed by atoms with Gasteiger partial charge in [-0.2, -0.15) is 11.8 Å². The van der Waals surface area contributed by atoms with Crippen LogP contribution in [-0.4, -0.2) is 34.7 Å². The van der Waals surface area contributed by atoms with Gasteiger partial charge in [-0.25, -0.2) is 0 Å². The van der Waals surface area contributed by atoms with E-state index in [1.54, 1.807) is 11.8 Å². The summed E-state index contributed by atoms with van der Waals surface area (Å²) < 4.78 is 0. The predicted molar refractivity (Wildman–Crippen MR) is 89.1 cm³/mol. The SMILES string of the molecule is Cc1ccc(NNC(=O)C(O)[C@H](N)CSCC(C)C)cc1. The maximum atomic E-state index is 11.8. The molecule has 0 radical (unpaired) electrons. The molecule has 1 aromatic carbocycles. The number of rotatable bonds is 8. The minimum atomic E-state index is -1.22. The van der Waals surface area contributed by atoms with Gasteiger partial charge >= 0.3 is 0 Å². The van der Waals surface area contributed by atoms with Crippen LogP contribution in [-0.2, 0) is 4.79 Å². The number of anilines is 1. The minimum Gasteiger partial charge on any atom is -0.382 e. The molecule has 1 unspecified atom stereocenters. The van der Waals surface area contributed by atoms with Crippen LogP contribution in [0.4, 0.5) is 5.69 Å². The van der Waals surface area contributed by atoms with E-state index in [1.807, 2.05) is 31.2 Å². The van der Waals surface area contributed by atoms with Gasteiger partial charge in [-0.05, 0) is 30.7 Å². The zero-order chi connectivity index (χ0) is 15.8. The normalized spacial score (nSPS) is 13.8. The smallest absolute Gasteiger partial charge is 0.268 e. The van der Waals surface area contributed by atoms with Gasteiger partial charge in [0.15, 0.2) is 0 Å². The van der Waals surface area contributed by atoms with Crippen molar-refractivity contribution in [1.29, 1.82) is 0 Å². The Morgan fingerprint density at radius 3 is 2.48 bits per heavy atom. The Kier molecular flexibility index (Phi) is 7.56. The molecule has 0 aliphatic carbocycles. The molecule has 5 nitrogen and oxygen atoms in total. The van der Waals surface area contributed by atoms with Gasteiger partial charge in [0, 0.05) is 11.8 Å². The molecular weight excluding hydrogens is 286 g/mol. The summed E-state index contributed by atoms with van der Waals surface area (Å²) in [5.74, 6) is 1.56. The number of hydrogen-bond acceptors (Lipinski definition) is 5. The largest absolute Gasteiger partial charge is 0.382 e. The predicted octanol–water partition coefficient (Wildman–Crippen LogP) is 1.52. The molecular formula is C15H25N3O2S. The molecule has 0 aliphatic heterocycles. The summed E-state index contributed by atoms with van der Waals surface area (Å²) >= 11 is 1.65. The summed E-state index contributed by atoms with van der Waals surface area (Å²) in [5, 5.41) is 9.88. The molecule has 0 spiro atoms. The second-order valence-electron chi connectivity index (χ2n) is 5.52. The molecule has 0 saturated heterocycles. The summed E-state index contributed by atoms with van der Waals surface area (Å²) in [5.41, 5.74) is 13.0. The summed E-state index contributed by atoms with van der Waals surface area (Å²) in [6.45, 7) is 6.22. The van der Waals surface area contributed by atoms with Gasteiger partial charge in [-0.3, -0.25) is 15.6 Å². The van der Waals surface area contributed by atoms with Crippen LogP contribution in [0.5, 0.6) is 0 Å². The van der Waals surface area contributed by atoms with Crippen LogP contribution in [0, 0.1) is 12.8 Å². The maximum Gasteiger partial charge on any atom is 0.268 e. The topological polar surface area (TPSA) is 87.4 Å². The Bertz CT molecular complexity index is 437. The molecule has 1 amide bonds. The average Bonchev–Trinajstić information content (AvgIpc) is 2.45. The van der Waals surface area contributed by atoms with Crippen LogP contribution in [0.25, 0.3) is 0 Å². The number of nitrogens with one attached hydrogen (secondary N) is 2. The summed E-state index contributed by atoms with van der Waals surface area (Å²) in [6, 6.07) is 6.98. The van der Waals surface area contributed by atoms with Gasteiger partial charge in [-0.1, -0.05) is 31.5 Å². The van der Waals surface area contributed by atoms with Crippen molar-refractivity contribution in [3.8, 4) is 0 Å². The first-order chi connectivity index (χ1) is 9.90. The Balaban J connectivity index is 2.34. The van der Waals surface area contributed by atoms with Crippen LogP contribution in [0.3, 0.4) is 0 Å². The Labute approximate surface area is 130 Å². The molecule has 0 heterocycles. The standard InChI is InChI=1S/C15H25N3O2S/c1-10(2)8-21-9-13(16)14(19)15(20)18-17-12-6-4-11(3)5-7-12/h4-7,10,13-14,17,19H,8-9,16H2,1-3H3,(H,18,20)/t13-,14?/m1/s1. The minimum absolute atomic E-state index is 0.520. The number of hydrogen-bond donors (Lipinski definition) is 4. The number of nitrogens with two attached hydrogens (primary N) is 1. The number of aliphatic hydroxyl groups excluding tert-OH is 1. The number of carbonyl (C=O) groups is 1. The van der Waals surface area contributed by atoms with Gasteiger partial charge in [-0.15, -0.1) is 0 Å². The number of hydrazine groups is 1. The highest BCUT2D eigenvalue weighted by molar-refractivity contribution is 7.99. The molecule has 0 aliphatic rings. The number of thioether (sulfide) groups is 1. The van der Waals surface area contributed by atoms with Crippen molar-refractivity contribution in [3.05, 3.63) is 29.8 Å². The lowest BCUT2D eigenvalue weighted by Crippen LogP contribution is -2.49. The summed E-state index contributed by atoms with van der Waals surface area (Å²) in [7, 11) is 0. The third-order valence-electron chi connectivity index (χ3n) is 2.82. The van der Waals surface area contributed by atoms with Crippen molar-refractivity contribution in [2.24, 2.45) is 11.7 Å². The summed E-state index contributed by atoms with van der Waals surface area (Å²) in [4.78, 5) is 11.8. The van der Waals surface area contributed by atoms with E-state index in [1.165, 1.54) is 0 Å². The van der Waals surface area contributed by atoms with E-state index in [0.29, 0.717) is 11.7 Å². The van der Waals surface area contributed by atoms with Gasteiger partial charge in [0.05, 0.1) is 5.69 Å². The molecule has 118 valence electrons. The first-order valence-corrected chi connectivity index (χ1v) is 8.19. The number of benzene rings is 1. The molecule has 6 heteroatoms.